The average molecular weight is 583 g/mol. The molecule has 0 saturated carbocycles. The molecule has 1 amide bonds. The number of likely N-dealkylation sites (N-methyl/N-ethyl adjacent to an activating group) is 1. The molecular weight excluding hydrogens is 553 g/mol. The van der Waals surface area contributed by atoms with E-state index in [4.69, 9.17) is 32.7 Å². The Morgan fingerprint density at radius 2 is 1.58 bits per heavy atom. The number of carbonyl (C=O) groups is 1. The highest BCUT2D eigenvalue weighted by atomic mass is 35.5. The van der Waals surface area contributed by atoms with E-state index in [-0.39, 0.29) is 24.0 Å². The van der Waals surface area contributed by atoms with Crippen molar-refractivity contribution in [3.8, 4) is 11.5 Å². The molecule has 8 nitrogen and oxygen atoms in total. The first kappa shape index (κ1) is 31.2. The molecule has 0 aromatic heterocycles. The molecule has 204 valence electrons. The van der Waals surface area contributed by atoms with E-state index in [0.29, 0.717) is 45.8 Å². The lowest BCUT2D eigenvalue weighted by molar-refractivity contribution is -0.384. The molecule has 0 aliphatic carbocycles. The van der Waals surface area contributed by atoms with E-state index >= 15 is 0 Å². The predicted molar refractivity (Wildman–Crippen MR) is 154 cm³/mol. The summed E-state index contributed by atoms with van der Waals surface area (Å²) in [6, 6.07) is 16.5. The van der Waals surface area contributed by atoms with Crippen molar-refractivity contribution in [2.24, 2.45) is 0 Å². The van der Waals surface area contributed by atoms with Crippen molar-refractivity contribution < 1.29 is 19.2 Å². The van der Waals surface area contributed by atoms with Crippen molar-refractivity contribution in [2.75, 3.05) is 45.8 Å². The van der Waals surface area contributed by atoms with E-state index < -0.39 is 4.92 Å². The molecule has 11 heteroatoms. The zero-order valence-corrected chi connectivity index (χ0v) is 23.7. The van der Waals surface area contributed by atoms with Gasteiger partial charge in [-0.3, -0.25) is 14.9 Å². The van der Waals surface area contributed by atoms with Gasteiger partial charge in [-0.25, -0.2) is 0 Å². The zero-order chi connectivity index (χ0) is 26.9. The van der Waals surface area contributed by atoms with Gasteiger partial charge in [-0.05, 0) is 74.5 Å². The second kappa shape index (κ2) is 14.8. The van der Waals surface area contributed by atoms with Crippen LogP contribution in [0.4, 0.5) is 11.4 Å². The molecule has 0 atom stereocenters. The van der Waals surface area contributed by atoms with Gasteiger partial charge in [0, 0.05) is 36.5 Å². The minimum absolute atomic E-state index is 0. The first-order valence-corrected chi connectivity index (χ1v) is 12.4. The lowest BCUT2D eigenvalue weighted by Gasteiger charge is -2.25. The molecule has 0 unspecified atom stereocenters. The van der Waals surface area contributed by atoms with Crippen LogP contribution in [-0.2, 0) is 6.42 Å². The SMILES string of the molecule is COc1ccc(CCN(C)CCCN(C(=O)c2ccc([N+](=O)[O-])cc2)c2ccc(Cl)c(Cl)c2)cc1OC.Cl. The van der Waals surface area contributed by atoms with Gasteiger partial charge in [-0.1, -0.05) is 29.3 Å². The summed E-state index contributed by atoms with van der Waals surface area (Å²) in [4.78, 5) is 27.7. The van der Waals surface area contributed by atoms with Gasteiger partial charge in [0.15, 0.2) is 11.5 Å². The number of nitro groups is 1. The molecule has 0 aliphatic rings. The average Bonchev–Trinajstić information content (AvgIpc) is 2.91. The van der Waals surface area contributed by atoms with Gasteiger partial charge in [-0.15, -0.1) is 12.4 Å². The number of benzene rings is 3. The first-order chi connectivity index (χ1) is 17.7. The van der Waals surface area contributed by atoms with E-state index in [0.717, 1.165) is 25.1 Å². The Labute approximate surface area is 238 Å². The highest BCUT2D eigenvalue weighted by molar-refractivity contribution is 6.42. The van der Waals surface area contributed by atoms with Gasteiger partial charge in [0.2, 0.25) is 0 Å². The Balaban J connectivity index is 0.00000507. The number of halogens is 3. The molecule has 0 fully saturated rings. The Bertz CT molecular complexity index is 1240. The number of ether oxygens (including phenoxy) is 2. The molecule has 0 saturated heterocycles. The van der Waals surface area contributed by atoms with Crippen LogP contribution in [0.5, 0.6) is 11.5 Å². The standard InChI is InChI=1S/C27H29Cl2N3O5.ClH/c1-30(16-13-19-5-12-25(36-2)26(17-19)37-3)14-4-15-31(22-10-11-23(28)24(29)18-22)27(33)20-6-8-21(9-7-20)32(34)35;/h5-12,17-18H,4,13-16H2,1-3H3;1H. The highest BCUT2D eigenvalue weighted by Crippen LogP contribution is 2.29. The zero-order valence-electron chi connectivity index (χ0n) is 21.4. The number of anilines is 1. The van der Waals surface area contributed by atoms with Crippen molar-refractivity contribution in [1.29, 1.82) is 0 Å². The third-order valence-electron chi connectivity index (χ3n) is 5.94. The van der Waals surface area contributed by atoms with Gasteiger partial charge < -0.3 is 19.3 Å². The molecule has 38 heavy (non-hydrogen) atoms. The van der Waals surface area contributed by atoms with Gasteiger partial charge in [-0.2, -0.15) is 0 Å². The fraction of sp³-hybridized carbons (Fsp3) is 0.296. The smallest absolute Gasteiger partial charge is 0.269 e. The number of hydrogen-bond donors (Lipinski definition) is 0. The summed E-state index contributed by atoms with van der Waals surface area (Å²) in [5.74, 6) is 1.12. The van der Waals surface area contributed by atoms with Crippen molar-refractivity contribution in [2.45, 2.75) is 12.8 Å². The van der Waals surface area contributed by atoms with Gasteiger partial charge in [0.25, 0.3) is 11.6 Å². The second-order valence-electron chi connectivity index (χ2n) is 8.46. The van der Waals surface area contributed by atoms with Crippen LogP contribution in [0.2, 0.25) is 10.0 Å². The fourth-order valence-electron chi connectivity index (χ4n) is 3.85. The lowest BCUT2D eigenvalue weighted by atomic mass is 10.1. The van der Waals surface area contributed by atoms with E-state index in [1.807, 2.05) is 25.2 Å². The molecule has 3 rings (SSSR count). The van der Waals surface area contributed by atoms with Crippen molar-refractivity contribution >= 4 is 52.9 Å². The van der Waals surface area contributed by atoms with E-state index in [1.54, 1.807) is 37.3 Å². The minimum atomic E-state index is -0.497. The molecule has 3 aromatic rings. The van der Waals surface area contributed by atoms with Crippen LogP contribution in [0.15, 0.2) is 60.7 Å². The Hall–Kier alpha value is -3.04. The summed E-state index contributed by atoms with van der Waals surface area (Å²) >= 11 is 12.3. The van der Waals surface area contributed by atoms with Crippen LogP contribution >= 0.6 is 35.6 Å². The third kappa shape index (κ3) is 8.23. The van der Waals surface area contributed by atoms with Gasteiger partial charge >= 0.3 is 0 Å². The molecule has 3 aromatic carbocycles. The van der Waals surface area contributed by atoms with Gasteiger partial charge in [0.1, 0.15) is 0 Å². The summed E-state index contributed by atoms with van der Waals surface area (Å²) in [7, 11) is 5.26. The maximum atomic E-state index is 13.4. The predicted octanol–water partition coefficient (Wildman–Crippen LogP) is 6.55. The van der Waals surface area contributed by atoms with Crippen LogP contribution in [0.3, 0.4) is 0 Å². The maximum absolute atomic E-state index is 13.4. The minimum Gasteiger partial charge on any atom is -0.493 e. The normalized spacial score (nSPS) is 10.6. The number of carbonyl (C=O) groups excluding carboxylic acids is 1. The van der Waals surface area contributed by atoms with Crippen molar-refractivity contribution in [3.63, 3.8) is 0 Å². The number of methoxy groups -OCH3 is 2. The summed E-state index contributed by atoms with van der Waals surface area (Å²) in [6.07, 6.45) is 1.52. The number of hydrogen-bond acceptors (Lipinski definition) is 6. The third-order valence-corrected chi connectivity index (χ3v) is 6.68. The molecule has 0 spiro atoms. The number of nitro benzene ring substituents is 1. The number of non-ortho nitro benzene ring substituents is 1. The van der Waals surface area contributed by atoms with Crippen molar-refractivity contribution in [3.05, 3.63) is 92.0 Å². The second-order valence-corrected chi connectivity index (χ2v) is 9.27. The summed E-state index contributed by atoms with van der Waals surface area (Å²) in [6.45, 7) is 1.99. The topological polar surface area (TPSA) is 85.2 Å². The van der Waals surface area contributed by atoms with Crippen LogP contribution in [0.1, 0.15) is 22.3 Å². The highest BCUT2D eigenvalue weighted by Gasteiger charge is 2.20. The van der Waals surface area contributed by atoms with Crippen LogP contribution in [-0.4, -0.2) is 56.6 Å². The molecule has 0 N–H and O–H groups in total. The molecule has 0 heterocycles. The van der Waals surface area contributed by atoms with Gasteiger partial charge in [0.05, 0.1) is 29.2 Å². The van der Waals surface area contributed by atoms with E-state index in [1.165, 1.54) is 24.3 Å². The Morgan fingerprint density at radius 3 is 2.18 bits per heavy atom. The number of nitrogens with zero attached hydrogens (tertiary/aromatic N) is 3. The summed E-state index contributed by atoms with van der Waals surface area (Å²) in [5, 5.41) is 11.7. The van der Waals surface area contributed by atoms with E-state index in [9.17, 15) is 14.9 Å². The Morgan fingerprint density at radius 1 is 0.895 bits per heavy atom. The summed E-state index contributed by atoms with van der Waals surface area (Å²) in [5.41, 5.74) is 2.01. The molecule has 0 radical (unpaired) electrons. The largest absolute Gasteiger partial charge is 0.493 e. The van der Waals surface area contributed by atoms with Crippen LogP contribution in [0.25, 0.3) is 0 Å². The Kier molecular flexibility index (Phi) is 12.1. The summed E-state index contributed by atoms with van der Waals surface area (Å²) < 4.78 is 10.7. The van der Waals surface area contributed by atoms with Crippen LogP contribution in [0, 0.1) is 10.1 Å². The molecule has 0 aliphatic heterocycles. The van der Waals surface area contributed by atoms with E-state index in [2.05, 4.69) is 4.90 Å². The quantitative estimate of drug-likeness (QED) is 0.178. The lowest BCUT2D eigenvalue weighted by Crippen LogP contribution is -2.34. The van der Waals surface area contributed by atoms with Crippen molar-refractivity contribution in [1.82, 2.24) is 4.90 Å². The first-order valence-electron chi connectivity index (χ1n) is 11.6. The molecular formula is C27H30Cl3N3O5. The number of amides is 1. The number of rotatable bonds is 12. The maximum Gasteiger partial charge on any atom is 0.269 e. The monoisotopic (exact) mass is 581 g/mol. The molecule has 0 bridgehead atoms. The fourth-order valence-corrected chi connectivity index (χ4v) is 4.14. The van der Waals surface area contributed by atoms with Crippen LogP contribution < -0.4 is 14.4 Å².